The van der Waals surface area contributed by atoms with Crippen LogP contribution in [-0.2, 0) is 0 Å². The molecule has 22 heavy (non-hydrogen) atoms. The highest BCUT2D eigenvalue weighted by Crippen LogP contribution is 2.30. The number of carbonyl (C=O) groups is 1. The Hall–Kier alpha value is -2.18. The van der Waals surface area contributed by atoms with Crippen molar-refractivity contribution in [3.63, 3.8) is 0 Å². The minimum Gasteiger partial charge on any atom is -0.375 e. The van der Waals surface area contributed by atoms with Crippen LogP contribution in [0, 0.1) is 0 Å². The van der Waals surface area contributed by atoms with Gasteiger partial charge in [0.05, 0.1) is 11.4 Å². The van der Waals surface area contributed by atoms with E-state index in [1.807, 2.05) is 41.8 Å². The Bertz CT molecular complexity index is 814. The molecule has 0 atom stereocenters. The van der Waals surface area contributed by atoms with Gasteiger partial charge in [-0.3, -0.25) is 4.79 Å². The standard InChI is InChI=1S/C16H12BrN3OS/c17-11-7-5-10(6-8-11)15(21)19-13-4-2-1-3-12(13)14-9-22-16(18)20-14/h1-9H,(H2,18,20)(H,19,21). The summed E-state index contributed by atoms with van der Waals surface area (Å²) in [6.07, 6.45) is 0. The van der Waals surface area contributed by atoms with E-state index in [1.165, 1.54) is 11.3 Å². The zero-order valence-corrected chi connectivity index (χ0v) is 13.8. The van der Waals surface area contributed by atoms with Crippen LogP contribution >= 0.6 is 27.3 Å². The Morgan fingerprint density at radius 1 is 1.14 bits per heavy atom. The van der Waals surface area contributed by atoms with Crippen molar-refractivity contribution < 1.29 is 4.79 Å². The molecule has 0 aliphatic carbocycles. The minimum atomic E-state index is -0.164. The fourth-order valence-corrected chi connectivity index (χ4v) is 2.85. The van der Waals surface area contributed by atoms with Crippen molar-refractivity contribution in [1.82, 2.24) is 4.98 Å². The summed E-state index contributed by atoms with van der Waals surface area (Å²) in [6.45, 7) is 0. The first-order chi connectivity index (χ1) is 10.6. The molecule has 0 aliphatic rings. The van der Waals surface area contributed by atoms with E-state index >= 15 is 0 Å². The number of amides is 1. The van der Waals surface area contributed by atoms with E-state index in [4.69, 9.17) is 5.73 Å². The largest absolute Gasteiger partial charge is 0.375 e. The maximum atomic E-state index is 12.3. The third-order valence-electron chi connectivity index (χ3n) is 3.08. The summed E-state index contributed by atoms with van der Waals surface area (Å²) in [5.41, 5.74) is 8.60. The van der Waals surface area contributed by atoms with Crippen LogP contribution in [0.4, 0.5) is 10.8 Å². The molecular formula is C16H12BrN3OS. The van der Waals surface area contributed by atoms with Crippen LogP contribution in [0.25, 0.3) is 11.3 Å². The third kappa shape index (κ3) is 3.18. The minimum absolute atomic E-state index is 0.164. The smallest absolute Gasteiger partial charge is 0.255 e. The second-order valence-electron chi connectivity index (χ2n) is 4.58. The number of halogens is 1. The maximum absolute atomic E-state index is 12.3. The number of para-hydroxylation sites is 1. The second kappa shape index (κ2) is 6.29. The van der Waals surface area contributed by atoms with Gasteiger partial charge in [0.2, 0.25) is 0 Å². The molecule has 3 N–H and O–H groups in total. The SMILES string of the molecule is Nc1nc(-c2ccccc2NC(=O)c2ccc(Br)cc2)cs1. The quantitative estimate of drug-likeness (QED) is 0.714. The number of aromatic nitrogens is 1. The van der Waals surface area contributed by atoms with Gasteiger partial charge in [0.15, 0.2) is 5.13 Å². The maximum Gasteiger partial charge on any atom is 0.255 e. The Kier molecular flexibility index (Phi) is 4.22. The third-order valence-corrected chi connectivity index (χ3v) is 4.28. The number of hydrogen-bond donors (Lipinski definition) is 2. The van der Waals surface area contributed by atoms with Crippen molar-refractivity contribution >= 4 is 44.0 Å². The van der Waals surface area contributed by atoms with Crippen LogP contribution in [0.15, 0.2) is 58.4 Å². The summed E-state index contributed by atoms with van der Waals surface area (Å²) in [7, 11) is 0. The van der Waals surface area contributed by atoms with Gasteiger partial charge >= 0.3 is 0 Å². The van der Waals surface area contributed by atoms with Gasteiger partial charge in [-0.25, -0.2) is 4.98 Å². The number of nitrogens with one attached hydrogen (secondary N) is 1. The molecule has 0 spiro atoms. The Balaban J connectivity index is 1.89. The van der Waals surface area contributed by atoms with E-state index in [0.29, 0.717) is 16.4 Å². The number of nitrogens with two attached hydrogens (primary N) is 1. The van der Waals surface area contributed by atoms with E-state index in [0.717, 1.165) is 15.7 Å². The molecule has 6 heteroatoms. The van der Waals surface area contributed by atoms with E-state index in [1.54, 1.807) is 12.1 Å². The molecule has 0 bridgehead atoms. The van der Waals surface area contributed by atoms with Crippen molar-refractivity contribution in [2.75, 3.05) is 11.1 Å². The molecule has 4 nitrogen and oxygen atoms in total. The normalized spacial score (nSPS) is 10.4. The highest BCUT2D eigenvalue weighted by Gasteiger charge is 2.11. The lowest BCUT2D eigenvalue weighted by Gasteiger charge is -2.09. The molecule has 0 saturated carbocycles. The van der Waals surface area contributed by atoms with E-state index in [-0.39, 0.29) is 5.91 Å². The first kappa shape index (κ1) is 14.7. The molecule has 1 amide bonds. The molecule has 0 unspecified atom stereocenters. The summed E-state index contributed by atoms with van der Waals surface area (Å²) < 4.78 is 0.933. The predicted molar refractivity (Wildman–Crippen MR) is 94.1 cm³/mol. The monoisotopic (exact) mass is 373 g/mol. The van der Waals surface area contributed by atoms with E-state index in [9.17, 15) is 4.79 Å². The first-order valence-electron chi connectivity index (χ1n) is 6.51. The Morgan fingerprint density at radius 2 is 1.86 bits per heavy atom. The van der Waals surface area contributed by atoms with Crippen molar-refractivity contribution in [3.8, 4) is 11.3 Å². The number of benzene rings is 2. The number of thiazole rings is 1. The number of hydrogen-bond acceptors (Lipinski definition) is 4. The van der Waals surface area contributed by atoms with Crippen molar-refractivity contribution in [2.45, 2.75) is 0 Å². The number of nitrogens with zero attached hydrogens (tertiary/aromatic N) is 1. The van der Waals surface area contributed by atoms with Gasteiger partial charge in [0, 0.05) is 21.0 Å². The van der Waals surface area contributed by atoms with E-state index in [2.05, 4.69) is 26.2 Å². The fourth-order valence-electron chi connectivity index (χ4n) is 2.02. The molecule has 1 heterocycles. The van der Waals surface area contributed by atoms with Crippen LogP contribution < -0.4 is 11.1 Å². The second-order valence-corrected chi connectivity index (χ2v) is 6.38. The van der Waals surface area contributed by atoms with Crippen molar-refractivity contribution in [1.29, 1.82) is 0 Å². The van der Waals surface area contributed by atoms with Crippen molar-refractivity contribution in [2.24, 2.45) is 0 Å². The Labute approximate surface area is 140 Å². The van der Waals surface area contributed by atoms with Gasteiger partial charge in [-0.15, -0.1) is 11.3 Å². The topological polar surface area (TPSA) is 68.0 Å². The van der Waals surface area contributed by atoms with Gasteiger partial charge in [-0.05, 0) is 30.3 Å². The number of rotatable bonds is 3. The van der Waals surface area contributed by atoms with Crippen LogP contribution in [0.3, 0.4) is 0 Å². The summed E-state index contributed by atoms with van der Waals surface area (Å²) in [5, 5.41) is 5.30. The zero-order valence-electron chi connectivity index (χ0n) is 11.4. The van der Waals surface area contributed by atoms with Gasteiger partial charge < -0.3 is 11.1 Å². The molecule has 2 aromatic carbocycles. The molecule has 0 saturated heterocycles. The first-order valence-corrected chi connectivity index (χ1v) is 8.18. The molecule has 3 rings (SSSR count). The van der Waals surface area contributed by atoms with Gasteiger partial charge in [0.1, 0.15) is 0 Å². The van der Waals surface area contributed by atoms with Gasteiger partial charge in [0.25, 0.3) is 5.91 Å². The molecule has 3 aromatic rings. The molecular weight excluding hydrogens is 362 g/mol. The predicted octanol–water partition coefficient (Wildman–Crippen LogP) is 4.41. The summed E-state index contributed by atoms with van der Waals surface area (Å²) >= 11 is 4.73. The highest BCUT2D eigenvalue weighted by molar-refractivity contribution is 9.10. The van der Waals surface area contributed by atoms with Crippen LogP contribution in [0.5, 0.6) is 0 Å². The average Bonchev–Trinajstić information content (AvgIpc) is 2.95. The van der Waals surface area contributed by atoms with Crippen LogP contribution in [0.2, 0.25) is 0 Å². The molecule has 1 aromatic heterocycles. The molecule has 0 aliphatic heterocycles. The average molecular weight is 374 g/mol. The summed E-state index contributed by atoms with van der Waals surface area (Å²) in [6, 6.07) is 14.7. The van der Waals surface area contributed by atoms with E-state index < -0.39 is 0 Å². The highest BCUT2D eigenvalue weighted by atomic mass is 79.9. The van der Waals surface area contributed by atoms with Crippen LogP contribution in [-0.4, -0.2) is 10.9 Å². The lowest BCUT2D eigenvalue weighted by Crippen LogP contribution is -2.12. The lowest BCUT2D eigenvalue weighted by molar-refractivity contribution is 0.102. The van der Waals surface area contributed by atoms with Crippen LogP contribution in [0.1, 0.15) is 10.4 Å². The molecule has 0 radical (unpaired) electrons. The molecule has 0 fully saturated rings. The number of anilines is 2. The lowest BCUT2D eigenvalue weighted by atomic mass is 10.1. The number of nitrogen functional groups attached to an aromatic ring is 1. The summed E-state index contributed by atoms with van der Waals surface area (Å²) in [4.78, 5) is 16.6. The molecule has 110 valence electrons. The summed E-state index contributed by atoms with van der Waals surface area (Å²) in [5.74, 6) is -0.164. The Morgan fingerprint density at radius 3 is 2.55 bits per heavy atom. The fraction of sp³-hybridized carbons (Fsp3) is 0. The van der Waals surface area contributed by atoms with Crippen molar-refractivity contribution in [3.05, 3.63) is 63.9 Å². The van der Waals surface area contributed by atoms with Gasteiger partial charge in [-0.1, -0.05) is 34.1 Å². The zero-order chi connectivity index (χ0) is 15.5. The number of carbonyl (C=O) groups excluding carboxylic acids is 1. The van der Waals surface area contributed by atoms with Gasteiger partial charge in [-0.2, -0.15) is 0 Å².